The summed E-state index contributed by atoms with van der Waals surface area (Å²) < 4.78 is 5.54. The van der Waals surface area contributed by atoms with Gasteiger partial charge in [0.25, 0.3) is 0 Å². The molecule has 0 bridgehead atoms. The van der Waals surface area contributed by atoms with E-state index in [9.17, 15) is 0 Å². The topological polar surface area (TPSA) is 61.0 Å². The van der Waals surface area contributed by atoms with Crippen LogP contribution in [0.2, 0.25) is 0 Å². The molecule has 4 nitrogen and oxygen atoms in total. The number of hydrogen-bond donors (Lipinski definition) is 1. The van der Waals surface area contributed by atoms with Gasteiger partial charge in [-0.25, -0.2) is 9.97 Å². The van der Waals surface area contributed by atoms with E-state index in [1.807, 2.05) is 37.4 Å². The fraction of sp³-hybridized carbons (Fsp3) is 0.412. The zero-order chi connectivity index (χ0) is 14.7. The molecule has 0 spiro atoms. The van der Waals surface area contributed by atoms with Crippen LogP contribution in [0.5, 0.6) is 5.75 Å². The Hall–Kier alpha value is -1.94. The maximum Gasteiger partial charge on any atom is 0.159 e. The van der Waals surface area contributed by atoms with Crippen molar-refractivity contribution >= 4 is 0 Å². The number of nitrogens with two attached hydrogens (primary N) is 1. The average Bonchev–Trinajstić information content (AvgIpc) is 2.69. The molecular formula is C17H21N3O. The lowest BCUT2D eigenvalue weighted by molar-refractivity contribution is 0.340. The fourth-order valence-electron chi connectivity index (χ4n) is 2.78. The molecule has 0 aliphatic heterocycles. The van der Waals surface area contributed by atoms with Gasteiger partial charge in [-0.2, -0.15) is 0 Å². The quantitative estimate of drug-likeness (QED) is 0.878. The van der Waals surface area contributed by atoms with Crippen molar-refractivity contribution in [2.45, 2.75) is 38.6 Å². The van der Waals surface area contributed by atoms with Gasteiger partial charge in [0.2, 0.25) is 0 Å². The molecular weight excluding hydrogens is 262 g/mol. The van der Waals surface area contributed by atoms with Crippen LogP contribution < -0.4 is 10.5 Å². The summed E-state index contributed by atoms with van der Waals surface area (Å²) in [4.78, 5) is 9.26. The molecule has 1 unspecified atom stereocenters. The Morgan fingerprint density at radius 2 is 2.24 bits per heavy atom. The Morgan fingerprint density at radius 3 is 3.10 bits per heavy atom. The van der Waals surface area contributed by atoms with Gasteiger partial charge in [0.15, 0.2) is 5.82 Å². The lowest BCUT2D eigenvalue weighted by Crippen LogP contribution is -2.12. The van der Waals surface area contributed by atoms with Gasteiger partial charge in [0.1, 0.15) is 5.75 Å². The highest BCUT2D eigenvalue weighted by atomic mass is 16.5. The number of rotatable bonds is 3. The van der Waals surface area contributed by atoms with E-state index in [0.29, 0.717) is 6.61 Å². The van der Waals surface area contributed by atoms with Crippen LogP contribution in [0.25, 0.3) is 11.4 Å². The van der Waals surface area contributed by atoms with Gasteiger partial charge in [0.05, 0.1) is 6.61 Å². The molecule has 0 radical (unpaired) electrons. The molecule has 0 saturated carbocycles. The summed E-state index contributed by atoms with van der Waals surface area (Å²) in [6.45, 7) is 2.64. The highest BCUT2D eigenvalue weighted by molar-refractivity contribution is 5.57. The number of aromatic nitrogens is 2. The molecule has 1 heterocycles. The van der Waals surface area contributed by atoms with Gasteiger partial charge in [-0.3, -0.25) is 0 Å². The summed E-state index contributed by atoms with van der Waals surface area (Å²) in [6, 6.07) is 8.00. The molecule has 3 rings (SSSR count). The fourth-order valence-corrected chi connectivity index (χ4v) is 2.78. The number of hydrogen-bond acceptors (Lipinski definition) is 4. The van der Waals surface area contributed by atoms with Gasteiger partial charge >= 0.3 is 0 Å². The lowest BCUT2D eigenvalue weighted by Gasteiger charge is -2.12. The van der Waals surface area contributed by atoms with Crippen LogP contribution in [-0.2, 0) is 6.42 Å². The Kier molecular flexibility index (Phi) is 4.15. The molecule has 1 atom stereocenters. The summed E-state index contributed by atoms with van der Waals surface area (Å²) in [7, 11) is 0. The van der Waals surface area contributed by atoms with Crippen LogP contribution in [0.15, 0.2) is 30.5 Å². The van der Waals surface area contributed by atoms with E-state index in [0.717, 1.165) is 54.1 Å². The summed E-state index contributed by atoms with van der Waals surface area (Å²) in [5.74, 6) is 1.61. The molecule has 4 heteroatoms. The second-order valence-electron chi connectivity index (χ2n) is 5.41. The lowest BCUT2D eigenvalue weighted by atomic mass is 10.1. The third-order valence-corrected chi connectivity index (χ3v) is 3.88. The monoisotopic (exact) mass is 283 g/mol. The van der Waals surface area contributed by atoms with Crippen molar-refractivity contribution in [2.75, 3.05) is 6.61 Å². The molecule has 1 aromatic carbocycles. The summed E-state index contributed by atoms with van der Waals surface area (Å²) >= 11 is 0. The number of fused-ring (bicyclic) bond motifs is 1. The predicted octanol–water partition coefficient (Wildman–Crippen LogP) is 3.27. The van der Waals surface area contributed by atoms with Crippen LogP contribution in [-0.4, -0.2) is 16.6 Å². The van der Waals surface area contributed by atoms with E-state index < -0.39 is 0 Å². The first-order chi connectivity index (χ1) is 10.3. The molecule has 1 aromatic heterocycles. The number of ether oxygens (including phenoxy) is 1. The molecule has 1 aliphatic carbocycles. The maximum absolute atomic E-state index is 6.20. The summed E-state index contributed by atoms with van der Waals surface area (Å²) in [6.07, 6.45) is 6.23. The zero-order valence-electron chi connectivity index (χ0n) is 12.4. The SMILES string of the molecule is CCOc1cccc(-c2ncc3c(n2)CCCCC3N)c1. The van der Waals surface area contributed by atoms with Gasteiger partial charge in [0, 0.05) is 29.1 Å². The largest absolute Gasteiger partial charge is 0.494 e. The van der Waals surface area contributed by atoms with Crippen molar-refractivity contribution in [2.24, 2.45) is 5.73 Å². The van der Waals surface area contributed by atoms with Crippen molar-refractivity contribution < 1.29 is 4.74 Å². The van der Waals surface area contributed by atoms with Gasteiger partial charge < -0.3 is 10.5 Å². The number of benzene rings is 1. The first-order valence-corrected chi connectivity index (χ1v) is 7.62. The highest BCUT2D eigenvalue weighted by Gasteiger charge is 2.17. The van der Waals surface area contributed by atoms with Crippen LogP contribution in [0.1, 0.15) is 43.5 Å². The molecule has 0 amide bonds. The van der Waals surface area contributed by atoms with Crippen molar-refractivity contribution in [3.05, 3.63) is 41.7 Å². The standard InChI is InChI=1S/C17H21N3O/c1-2-21-13-7-5-6-12(10-13)17-19-11-14-15(18)8-3-4-9-16(14)20-17/h5-7,10-11,15H,2-4,8-9,18H2,1H3. The molecule has 110 valence electrons. The second-order valence-corrected chi connectivity index (χ2v) is 5.41. The first kappa shape index (κ1) is 14.0. The molecule has 2 N–H and O–H groups in total. The Bertz CT molecular complexity index is 627. The van der Waals surface area contributed by atoms with Crippen LogP contribution in [0, 0.1) is 0 Å². The minimum absolute atomic E-state index is 0.0753. The number of nitrogens with zero attached hydrogens (tertiary/aromatic N) is 2. The normalized spacial score (nSPS) is 17.9. The average molecular weight is 283 g/mol. The molecule has 1 aliphatic rings. The summed E-state index contributed by atoms with van der Waals surface area (Å²) in [5, 5.41) is 0. The van der Waals surface area contributed by atoms with Crippen LogP contribution in [0.4, 0.5) is 0 Å². The zero-order valence-corrected chi connectivity index (χ0v) is 12.4. The van der Waals surface area contributed by atoms with Crippen molar-refractivity contribution in [1.29, 1.82) is 0 Å². The third kappa shape index (κ3) is 3.05. The van der Waals surface area contributed by atoms with Crippen molar-refractivity contribution in [3.8, 4) is 17.1 Å². The molecule has 0 saturated heterocycles. The van der Waals surface area contributed by atoms with Crippen LogP contribution in [0.3, 0.4) is 0 Å². The highest BCUT2D eigenvalue weighted by Crippen LogP contribution is 2.28. The van der Waals surface area contributed by atoms with E-state index in [-0.39, 0.29) is 6.04 Å². The summed E-state index contributed by atoms with van der Waals surface area (Å²) in [5.41, 5.74) is 9.40. The minimum Gasteiger partial charge on any atom is -0.494 e. The van der Waals surface area contributed by atoms with E-state index in [1.165, 1.54) is 0 Å². The Balaban J connectivity index is 1.96. The van der Waals surface area contributed by atoms with E-state index in [4.69, 9.17) is 15.5 Å². The van der Waals surface area contributed by atoms with Crippen molar-refractivity contribution in [1.82, 2.24) is 9.97 Å². The number of aryl methyl sites for hydroxylation is 1. The van der Waals surface area contributed by atoms with E-state index >= 15 is 0 Å². The van der Waals surface area contributed by atoms with Gasteiger partial charge in [-0.15, -0.1) is 0 Å². The van der Waals surface area contributed by atoms with E-state index in [2.05, 4.69) is 4.98 Å². The maximum atomic E-state index is 6.20. The van der Waals surface area contributed by atoms with Crippen LogP contribution >= 0.6 is 0 Å². The van der Waals surface area contributed by atoms with E-state index in [1.54, 1.807) is 0 Å². The molecule has 0 fully saturated rings. The Morgan fingerprint density at radius 1 is 1.33 bits per heavy atom. The Labute approximate surface area is 125 Å². The smallest absolute Gasteiger partial charge is 0.159 e. The minimum atomic E-state index is 0.0753. The van der Waals surface area contributed by atoms with Gasteiger partial charge in [-0.1, -0.05) is 18.6 Å². The molecule has 21 heavy (non-hydrogen) atoms. The van der Waals surface area contributed by atoms with Crippen molar-refractivity contribution in [3.63, 3.8) is 0 Å². The third-order valence-electron chi connectivity index (χ3n) is 3.88. The molecule has 2 aromatic rings. The first-order valence-electron chi connectivity index (χ1n) is 7.62. The predicted molar refractivity (Wildman–Crippen MR) is 83.1 cm³/mol. The second kappa shape index (κ2) is 6.22. The van der Waals surface area contributed by atoms with Gasteiger partial charge in [-0.05, 0) is 38.3 Å².